The first-order valence-corrected chi connectivity index (χ1v) is 9.50. The van der Waals surface area contributed by atoms with E-state index in [2.05, 4.69) is 11.5 Å². The van der Waals surface area contributed by atoms with Gasteiger partial charge in [0.05, 0.1) is 11.6 Å². The summed E-state index contributed by atoms with van der Waals surface area (Å²) in [6, 6.07) is 6.96. The molecule has 4 aliphatic rings. The Hall–Kier alpha value is -1.75. The number of carbonyl (C=O) groups excluding carboxylic acids is 2. The number of anilines is 2. The summed E-state index contributed by atoms with van der Waals surface area (Å²) < 4.78 is 0. The van der Waals surface area contributed by atoms with E-state index in [1.165, 1.54) is 16.4 Å². The van der Waals surface area contributed by atoms with Gasteiger partial charge in [0, 0.05) is 11.6 Å². The van der Waals surface area contributed by atoms with Gasteiger partial charge in [-0.05, 0) is 47.6 Å². The van der Waals surface area contributed by atoms with Crippen molar-refractivity contribution in [3.05, 3.63) is 35.7 Å². The quantitative estimate of drug-likeness (QED) is 0.499. The SMILES string of the molecule is CC1C(=O)N(c2ccc(N)cc2)C(=O)C1[C@@H]1C=C[SH]2CC1C2. The van der Waals surface area contributed by atoms with E-state index < -0.39 is 0 Å². The number of thiol groups is 1. The van der Waals surface area contributed by atoms with Crippen LogP contribution < -0.4 is 10.6 Å². The molecule has 5 rings (SSSR count). The molecule has 4 nitrogen and oxygen atoms in total. The maximum Gasteiger partial charge on any atom is 0.238 e. The van der Waals surface area contributed by atoms with Gasteiger partial charge in [0.1, 0.15) is 0 Å². The molecule has 0 saturated carbocycles. The summed E-state index contributed by atoms with van der Waals surface area (Å²) in [6.45, 7) is 1.89. The third-order valence-electron chi connectivity index (χ3n) is 5.22. The van der Waals surface area contributed by atoms with Gasteiger partial charge in [-0.15, -0.1) is 0 Å². The van der Waals surface area contributed by atoms with Crippen LogP contribution in [0.1, 0.15) is 6.92 Å². The molecule has 2 N–H and O–H groups in total. The lowest BCUT2D eigenvalue weighted by molar-refractivity contribution is -0.123. The summed E-state index contributed by atoms with van der Waals surface area (Å²) in [6.07, 6.45) is 2.21. The Kier molecular flexibility index (Phi) is 3.08. The minimum atomic E-state index is -0.246. The van der Waals surface area contributed by atoms with Crippen LogP contribution in [0.15, 0.2) is 35.7 Å². The number of nitrogens with two attached hydrogens (primary N) is 1. The molecule has 1 aromatic carbocycles. The first kappa shape index (κ1) is 13.9. The normalized spacial score (nSPS) is 38.2. The van der Waals surface area contributed by atoms with Crippen molar-refractivity contribution in [2.75, 3.05) is 22.1 Å². The molecular weight excluding hydrogens is 296 g/mol. The van der Waals surface area contributed by atoms with Crippen molar-refractivity contribution in [3.63, 3.8) is 0 Å². The van der Waals surface area contributed by atoms with Crippen LogP contribution in [0.3, 0.4) is 0 Å². The van der Waals surface area contributed by atoms with E-state index in [1.54, 1.807) is 24.3 Å². The van der Waals surface area contributed by atoms with Crippen LogP contribution in [0.5, 0.6) is 0 Å². The standard InChI is InChI=1S/C17H20N2O2S/c1-10-15(14-6-7-22-8-11(14)9-22)17(21)19(16(10)20)13-4-2-12(18)3-5-13/h2-7,10-11,14-15,22H,8-9,18H2,1H3/t10?,14-,15?/m1/s1. The van der Waals surface area contributed by atoms with Crippen LogP contribution in [-0.4, -0.2) is 23.3 Å². The van der Waals surface area contributed by atoms with Crippen molar-refractivity contribution in [2.24, 2.45) is 23.7 Å². The fourth-order valence-corrected chi connectivity index (χ4v) is 6.18. The van der Waals surface area contributed by atoms with Crippen LogP contribution >= 0.6 is 10.9 Å². The summed E-state index contributed by atoms with van der Waals surface area (Å²) in [7, 11) is 0.108. The van der Waals surface area contributed by atoms with Crippen molar-refractivity contribution in [2.45, 2.75) is 6.92 Å². The molecule has 2 unspecified atom stereocenters. The number of amides is 2. The lowest BCUT2D eigenvalue weighted by atomic mass is 9.77. The summed E-state index contributed by atoms with van der Waals surface area (Å²) in [5.41, 5.74) is 6.96. The molecule has 2 saturated heterocycles. The van der Waals surface area contributed by atoms with E-state index in [0.29, 0.717) is 17.3 Å². The number of rotatable bonds is 2. The maximum atomic E-state index is 12.9. The van der Waals surface area contributed by atoms with Crippen LogP contribution in [-0.2, 0) is 9.59 Å². The van der Waals surface area contributed by atoms with E-state index in [4.69, 9.17) is 5.73 Å². The minimum absolute atomic E-state index is 0.0463. The predicted molar refractivity (Wildman–Crippen MR) is 90.8 cm³/mol. The first-order chi connectivity index (χ1) is 10.6. The Morgan fingerprint density at radius 2 is 1.82 bits per heavy atom. The summed E-state index contributed by atoms with van der Waals surface area (Å²) >= 11 is 0. The van der Waals surface area contributed by atoms with Crippen LogP contribution in [0, 0.1) is 23.7 Å². The number of hydrogen-bond acceptors (Lipinski definition) is 3. The molecule has 5 heteroatoms. The molecular formula is C17H20N2O2S. The molecule has 1 aromatic rings. The van der Waals surface area contributed by atoms with Gasteiger partial charge in [0.2, 0.25) is 11.8 Å². The van der Waals surface area contributed by atoms with Crippen molar-refractivity contribution in [1.82, 2.24) is 0 Å². The van der Waals surface area contributed by atoms with Crippen molar-refractivity contribution >= 4 is 34.1 Å². The van der Waals surface area contributed by atoms with Gasteiger partial charge in [0.25, 0.3) is 0 Å². The van der Waals surface area contributed by atoms with Gasteiger partial charge in [-0.1, -0.05) is 18.4 Å². The van der Waals surface area contributed by atoms with Crippen molar-refractivity contribution < 1.29 is 9.59 Å². The van der Waals surface area contributed by atoms with Crippen LogP contribution in [0.2, 0.25) is 0 Å². The molecule has 2 fully saturated rings. The molecule has 0 radical (unpaired) electrons. The topological polar surface area (TPSA) is 63.4 Å². The van der Waals surface area contributed by atoms with Gasteiger partial charge in [-0.2, -0.15) is 0 Å². The Bertz CT molecular complexity index is 664. The number of fused-ring (bicyclic) bond motifs is 1. The molecule has 4 aliphatic heterocycles. The zero-order valence-electron chi connectivity index (χ0n) is 12.5. The molecule has 0 spiro atoms. The average molecular weight is 316 g/mol. The summed E-state index contributed by atoms with van der Waals surface area (Å²) in [4.78, 5) is 26.9. The third kappa shape index (κ3) is 1.92. The van der Waals surface area contributed by atoms with E-state index in [1.807, 2.05) is 6.92 Å². The van der Waals surface area contributed by atoms with Gasteiger partial charge in [-0.3, -0.25) is 14.5 Å². The molecule has 2 bridgehead atoms. The molecule has 4 heterocycles. The van der Waals surface area contributed by atoms with Crippen LogP contribution in [0.25, 0.3) is 0 Å². The maximum absolute atomic E-state index is 12.9. The molecule has 116 valence electrons. The van der Waals surface area contributed by atoms with E-state index in [-0.39, 0.29) is 40.5 Å². The van der Waals surface area contributed by atoms with Gasteiger partial charge >= 0.3 is 0 Å². The number of hydrogen-bond donors (Lipinski definition) is 2. The Morgan fingerprint density at radius 3 is 2.41 bits per heavy atom. The molecule has 0 aromatic heterocycles. The number of imide groups is 1. The average Bonchev–Trinajstić information content (AvgIpc) is 2.70. The second kappa shape index (κ2) is 4.88. The lowest BCUT2D eigenvalue weighted by Crippen LogP contribution is -2.41. The van der Waals surface area contributed by atoms with E-state index >= 15 is 0 Å². The fourth-order valence-electron chi connectivity index (χ4n) is 3.91. The zero-order valence-corrected chi connectivity index (χ0v) is 13.4. The highest BCUT2D eigenvalue weighted by atomic mass is 32.2. The van der Waals surface area contributed by atoms with Crippen molar-refractivity contribution in [1.29, 1.82) is 0 Å². The van der Waals surface area contributed by atoms with Gasteiger partial charge in [-0.25, -0.2) is 10.9 Å². The Balaban J connectivity index is 1.66. The molecule has 22 heavy (non-hydrogen) atoms. The van der Waals surface area contributed by atoms with Gasteiger partial charge in [0.15, 0.2) is 0 Å². The Morgan fingerprint density at radius 1 is 1.14 bits per heavy atom. The second-order valence-electron chi connectivity index (χ2n) is 6.55. The molecule has 0 aliphatic carbocycles. The molecule has 3 atom stereocenters. The summed E-state index contributed by atoms with van der Waals surface area (Å²) in [5, 5.41) is 2.30. The zero-order chi connectivity index (χ0) is 15.4. The molecule has 2 amide bonds. The Labute approximate surface area is 132 Å². The third-order valence-corrected chi connectivity index (χ3v) is 7.69. The highest BCUT2D eigenvalue weighted by Gasteiger charge is 2.52. The van der Waals surface area contributed by atoms with E-state index in [0.717, 1.165) is 0 Å². The second-order valence-corrected chi connectivity index (χ2v) is 8.76. The summed E-state index contributed by atoms with van der Waals surface area (Å²) in [5.74, 6) is 2.74. The monoisotopic (exact) mass is 316 g/mol. The largest absolute Gasteiger partial charge is 0.399 e. The number of carbonyl (C=O) groups is 2. The van der Waals surface area contributed by atoms with Crippen molar-refractivity contribution in [3.8, 4) is 0 Å². The van der Waals surface area contributed by atoms with Crippen LogP contribution in [0.4, 0.5) is 11.4 Å². The highest BCUT2D eigenvalue weighted by molar-refractivity contribution is 8.20. The number of nitrogens with zero attached hydrogens (tertiary/aromatic N) is 1. The fraction of sp³-hybridized carbons (Fsp3) is 0.412. The number of allylic oxidation sites excluding steroid dienone is 1. The lowest BCUT2D eigenvalue weighted by Gasteiger charge is -2.47. The number of nitrogen functional groups attached to an aromatic ring is 1. The minimum Gasteiger partial charge on any atom is -0.399 e. The highest BCUT2D eigenvalue weighted by Crippen LogP contribution is 2.54. The first-order valence-electron chi connectivity index (χ1n) is 7.72. The smallest absolute Gasteiger partial charge is 0.238 e. The predicted octanol–water partition coefficient (Wildman–Crippen LogP) is 2.17. The van der Waals surface area contributed by atoms with E-state index in [9.17, 15) is 9.59 Å². The van der Waals surface area contributed by atoms with Gasteiger partial charge < -0.3 is 5.73 Å². The number of benzene rings is 1.